The predicted molar refractivity (Wildman–Crippen MR) is 76.5 cm³/mol. The highest BCUT2D eigenvalue weighted by molar-refractivity contribution is 6.30. The Morgan fingerprint density at radius 1 is 1.45 bits per heavy atom. The molecule has 2 rings (SSSR count). The van der Waals surface area contributed by atoms with Crippen molar-refractivity contribution in [1.29, 1.82) is 0 Å². The number of nitrogens with zero attached hydrogens (tertiary/aromatic N) is 1. The summed E-state index contributed by atoms with van der Waals surface area (Å²) in [6, 6.07) is 4.18. The van der Waals surface area contributed by atoms with Crippen LogP contribution in [0.15, 0.2) is 18.2 Å². The Hall–Kier alpha value is -1.17. The first kappa shape index (κ1) is 15.2. The van der Waals surface area contributed by atoms with E-state index in [4.69, 9.17) is 16.3 Å². The van der Waals surface area contributed by atoms with Gasteiger partial charge in [-0.05, 0) is 32.0 Å². The van der Waals surface area contributed by atoms with Gasteiger partial charge in [0.2, 0.25) is 5.91 Å². The van der Waals surface area contributed by atoms with E-state index in [1.165, 1.54) is 12.1 Å². The van der Waals surface area contributed by atoms with Crippen LogP contribution < -0.4 is 5.32 Å². The molecule has 2 atom stereocenters. The van der Waals surface area contributed by atoms with Crippen molar-refractivity contribution in [3.8, 4) is 0 Å². The van der Waals surface area contributed by atoms with Crippen LogP contribution in [0.2, 0.25) is 5.02 Å². The van der Waals surface area contributed by atoms with Gasteiger partial charge in [-0.3, -0.25) is 9.69 Å². The first-order chi connectivity index (χ1) is 9.44. The molecule has 1 fully saturated rings. The number of ether oxygens (including phenoxy) is 1. The highest BCUT2D eigenvalue weighted by Crippen LogP contribution is 2.19. The van der Waals surface area contributed by atoms with Gasteiger partial charge in [0.25, 0.3) is 0 Å². The monoisotopic (exact) mass is 300 g/mol. The lowest BCUT2D eigenvalue weighted by Crippen LogP contribution is -2.48. The molecule has 1 saturated heterocycles. The highest BCUT2D eigenvalue weighted by atomic mass is 35.5. The van der Waals surface area contributed by atoms with Gasteiger partial charge in [-0.15, -0.1) is 0 Å². The van der Waals surface area contributed by atoms with Crippen LogP contribution in [-0.2, 0) is 9.53 Å². The minimum absolute atomic E-state index is 0.0961. The SMILES string of the molecule is C[C@@H]1CN(CC(=O)Nc2ccc(Cl)cc2F)C[C@@H](C)O1. The molecule has 1 aromatic carbocycles. The molecule has 1 N–H and O–H groups in total. The molecule has 0 bridgehead atoms. The van der Waals surface area contributed by atoms with Crippen molar-refractivity contribution in [3.63, 3.8) is 0 Å². The Bertz CT molecular complexity index is 488. The van der Waals surface area contributed by atoms with Gasteiger partial charge in [0.15, 0.2) is 0 Å². The maximum absolute atomic E-state index is 13.6. The topological polar surface area (TPSA) is 41.6 Å². The Morgan fingerprint density at radius 3 is 2.70 bits per heavy atom. The zero-order valence-electron chi connectivity index (χ0n) is 11.5. The summed E-state index contributed by atoms with van der Waals surface area (Å²) in [6.07, 6.45) is 0.192. The van der Waals surface area contributed by atoms with Crippen molar-refractivity contribution in [1.82, 2.24) is 4.90 Å². The van der Waals surface area contributed by atoms with E-state index in [0.717, 1.165) is 0 Å². The lowest BCUT2D eigenvalue weighted by molar-refractivity contribution is -0.121. The molecule has 0 radical (unpaired) electrons. The molecule has 0 spiro atoms. The molecule has 0 saturated carbocycles. The van der Waals surface area contributed by atoms with E-state index in [1.807, 2.05) is 18.7 Å². The van der Waals surface area contributed by atoms with Crippen LogP contribution in [0.4, 0.5) is 10.1 Å². The number of benzene rings is 1. The molecular weight excluding hydrogens is 283 g/mol. The fourth-order valence-electron chi connectivity index (χ4n) is 2.40. The number of hydrogen-bond donors (Lipinski definition) is 1. The zero-order chi connectivity index (χ0) is 14.7. The lowest BCUT2D eigenvalue weighted by Gasteiger charge is -2.34. The summed E-state index contributed by atoms with van der Waals surface area (Å²) in [5.41, 5.74) is 0.147. The summed E-state index contributed by atoms with van der Waals surface area (Å²) in [5.74, 6) is -0.776. The third kappa shape index (κ3) is 4.16. The van der Waals surface area contributed by atoms with Gasteiger partial charge in [-0.1, -0.05) is 11.6 Å². The Morgan fingerprint density at radius 2 is 2.10 bits per heavy atom. The van der Waals surface area contributed by atoms with Gasteiger partial charge in [0.1, 0.15) is 5.82 Å². The molecule has 1 aromatic rings. The van der Waals surface area contributed by atoms with Crippen LogP contribution in [0, 0.1) is 5.82 Å². The summed E-state index contributed by atoms with van der Waals surface area (Å²) >= 11 is 5.67. The average molecular weight is 301 g/mol. The second-order valence-electron chi connectivity index (χ2n) is 5.12. The van der Waals surface area contributed by atoms with Crippen molar-refractivity contribution in [2.24, 2.45) is 0 Å². The van der Waals surface area contributed by atoms with Gasteiger partial charge >= 0.3 is 0 Å². The summed E-state index contributed by atoms with van der Waals surface area (Å²) in [4.78, 5) is 13.9. The van der Waals surface area contributed by atoms with Crippen molar-refractivity contribution < 1.29 is 13.9 Å². The van der Waals surface area contributed by atoms with Crippen molar-refractivity contribution in [2.75, 3.05) is 25.0 Å². The van der Waals surface area contributed by atoms with E-state index < -0.39 is 5.82 Å². The molecule has 1 aliphatic heterocycles. The number of carbonyl (C=O) groups excluding carboxylic acids is 1. The maximum atomic E-state index is 13.6. The number of halogens is 2. The molecule has 4 nitrogen and oxygen atoms in total. The van der Waals surface area contributed by atoms with Crippen LogP contribution >= 0.6 is 11.6 Å². The second kappa shape index (κ2) is 6.52. The zero-order valence-corrected chi connectivity index (χ0v) is 12.3. The van der Waals surface area contributed by atoms with E-state index in [0.29, 0.717) is 18.1 Å². The number of anilines is 1. The Labute approximate surface area is 122 Å². The molecule has 0 aliphatic carbocycles. The molecule has 20 heavy (non-hydrogen) atoms. The van der Waals surface area contributed by atoms with E-state index in [1.54, 1.807) is 6.07 Å². The molecule has 0 aromatic heterocycles. The Balaban J connectivity index is 1.92. The number of amides is 1. The number of morpholine rings is 1. The van der Waals surface area contributed by atoms with Crippen molar-refractivity contribution >= 4 is 23.2 Å². The van der Waals surface area contributed by atoms with Crippen molar-refractivity contribution in [3.05, 3.63) is 29.0 Å². The average Bonchev–Trinajstić information content (AvgIpc) is 2.31. The second-order valence-corrected chi connectivity index (χ2v) is 5.56. The van der Waals surface area contributed by atoms with E-state index >= 15 is 0 Å². The summed E-state index contributed by atoms with van der Waals surface area (Å²) in [6.45, 7) is 5.56. The number of carbonyl (C=O) groups is 1. The van der Waals surface area contributed by atoms with Gasteiger partial charge in [0, 0.05) is 18.1 Å². The Kier molecular flexibility index (Phi) is 4.96. The smallest absolute Gasteiger partial charge is 0.238 e. The van der Waals surface area contributed by atoms with Crippen LogP contribution in [0.25, 0.3) is 0 Å². The van der Waals surface area contributed by atoms with Gasteiger partial charge in [0.05, 0.1) is 24.4 Å². The molecule has 0 unspecified atom stereocenters. The number of hydrogen-bond acceptors (Lipinski definition) is 3. The predicted octanol–water partition coefficient (Wildman–Crippen LogP) is 2.53. The highest BCUT2D eigenvalue weighted by Gasteiger charge is 2.23. The van der Waals surface area contributed by atoms with Gasteiger partial charge in [-0.2, -0.15) is 0 Å². The summed E-state index contributed by atoms with van der Waals surface area (Å²) in [7, 11) is 0. The third-order valence-electron chi connectivity index (χ3n) is 3.07. The quantitative estimate of drug-likeness (QED) is 0.932. The largest absolute Gasteiger partial charge is 0.373 e. The summed E-state index contributed by atoms with van der Waals surface area (Å²) in [5, 5.41) is 2.86. The lowest BCUT2D eigenvalue weighted by atomic mass is 10.2. The first-order valence-corrected chi connectivity index (χ1v) is 6.94. The van der Waals surface area contributed by atoms with Crippen LogP contribution in [0.3, 0.4) is 0 Å². The molecule has 1 amide bonds. The minimum Gasteiger partial charge on any atom is -0.373 e. The molecule has 110 valence electrons. The molecule has 1 heterocycles. The fourth-order valence-corrected chi connectivity index (χ4v) is 2.56. The molecule has 1 aliphatic rings. The number of rotatable bonds is 3. The van der Waals surface area contributed by atoms with Crippen LogP contribution in [0.1, 0.15) is 13.8 Å². The van der Waals surface area contributed by atoms with Gasteiger partial charge < -0.3 is 10.1 Å². The minimum atomic E-state index is -0.533. The summed E-state index contributed by atoms with van der Waals surface area (Å²) < 4.78 is 19.2. The third-order valence-corrected chi connectivity index (χ3v) is 3.30. The molecular formula is C14H18ClFN2O2. The van der Waals surface area contributed by atoms with Gasteiger partial charge in [-0.25, -0.2) is 4.39 Å². The van der Waals surface area contributed by atoms with Crippen LogP contribution in [0.5, 0.6) is 0 Å². The number of nitrogens with one attached hydrogen (secondary N) is 1. The maximum Gasteiger partial charge on any atom is 0.238 e. The molecule has 6 heteroatoms. The normalized spacial score (nSPS) is 23.6. The first-order valence-electron chi connectivity index (χ1n) is 6.56. The standard InChI is InChI=1S/C14H18ClFN2O2/c1-9-6-18(7-10(2)20-9)8-14(19)17-13-4-3-11(15)5-12(13)16/h3-5,9-10H,6-8H2,1-2H3,(H,17,19)/t9-,10-/m1/s1. The van der Waals surface area contributed by atoms with Crippen LogP contribution in [-0.4, -0.2) is 42.6 Å². The van der Waals surface area contributed by atoms with E-state index in [-0.39, 0.29) is 30.3 Å². The van der Waals surface area contributed by atoms with E-state index in [2.05, 4.69) is 5.32 Å². The van der Waals surface area contributed by atoms with Crippen molar-refractivity contribution in [2.45, 2.75) is 26.1 Å². The fraction of sp³-hybridized carbons (Fsp3) is 0.500. The van der Waals surface area contributed by atoms with E-state index in [9.17, 15) is 9.18 Å².